The maximum Gasteiger partial charge on any atom is 0.251 e. The molecule has 24 heavy (non-hydrogen) atoms. The van der Waals surface area contributed by atoms with Crippen molar-refractivity contribution in [3.63, 3.8) is 0 Å². The molecule has 0 bridgehead atoms. The summed E-state index contributed by atoms with van der Waals surface area (Å²) in [5.74, 6) is 1.38. The Bertz CT molecular complexity index is 555. The Balaban J connectivity index is 1.87. The molecule has 1 saturated carbocycles. The number of rotatable bonds is 4. The van der Waals surface area contributed by atoms with Crippen LogP contribution >= 0.6 is 0 Å². The highest BCUT2D eigenvalue weighted by molar-refractivity contribution is 5.94. The van der Waals surface area contributed by atoms with E-state index >= 15 is 0 Å². The van der Waals surface area contributed by atoms with Gasteiger partial charge in [0.25, 0.3) is 5.91 Å². The molecule has 2 heteroatoms. The Morgan fingerprint density at radius 2 is 1.67 bits per heavy atom. The third kappa shape index (κ3) is 5.51. The van der Waals surface area contributed by atoms with Crippen LogP contribution in [0.3, 0.4) is 0 Å². The summed E-state index contributed by atoms with van der Waals surface area (Å²) in [6, 6.07) is 8.22. The van der Waals surface area contributed by atoms with Crippen molar-refractivity contribution in [2.75, 3.05) is 0 Å². The zero-order valence-corrected chi connectivity index (χ0v) is 15.9. The first-order valence-corrected chi connectivity index (χ1v) is 9.35. The van der Waals surface area contributed by atoms with Crippen molar-refractivity contribution in [2.24, 2.45) is 17.3 Å². The largest absolute Gasteiger partial charge is 0.349 e. The van der Waals surface area contributed by atoms with E-state index in [0.29, 0.717) is 17.4 Å². The first-order chi connectivity index (χ1) is 11.3. The summed E-state index contributed by atoms with van der Waals surface area (Å²) < 4.78 is 0. The minimum atomic E-state index is 0.0635. The molecule has 0 aliphatic heterocycles. The molecule has 1 aliphatic rings. The van der Waals surface area contributed by atoms with Crippen LogP contribution in [0.25, 0.3) is 6.08 Å². The lowest BCUT2D eigenvalue weighted by atomic mass is 9.71. The molecule has 0 saturated heterocycles. The zero-order valence-electron chi connectivity index (χ0n) is 15.9. The van der Waals surface area contributed by atoms with Crippen LogP contribution in [-0.4, -0.2) is 11.9 Å². The molecule has 0 aromatic heterocycles. The third-order valence-electron chi connectivity index (χ3n) is 5.13. The lowest BCUT2D eigenvalue weighted by Crippen LogP contribution is -2.39. The Morgan fingerprint density at radius 1 is 1.08 bits per heavy atom. The van der Waals surface area contributed by atoms with Crippen LogP contribution in [0.5, 0.6) is 0 Å². The Hall–Kier alpha value is -1.57. The number of nitrogens with one attached hydrogen (secondary N) is 1. The monoisotopic (exact) mass is 327 g/mol. The summed E-state index contributed by atoms with van der Waals surface area (Å²) in [6.07, 6.45) is 8.91. The van der Waals surface area contributed by atoms with Crippen molar-refractivity contribution in [3.05, 3.63) is 41.5 Å². The molecule has 0 heterocycles. The quantitative estimate of drug-likeness (QED) is 0.756. The smallest absolute Gasteiger partial charge is 0.251 e. The highest BCUT2D eigenvalue weighted by Crippen LogP contribution is 2.37. The van der Waals surface area contributed by atoms with E-state index in [9.17, 15) is 4.79 Å². The van der Waals surface area contributed by atoms with Crippen molar-refractivity contribution < 1.29 is 4.79 Å². The summed E-state index contributed by atoms with van der Waals surface area (Å²) in [7, 11) is 0. The highest BCUT2D eigenvalue weighted by Gasteiger charge is 2.30. The van der Waals surface area contributed by atoms with Gasteiger partial charge < -0.3 is 5.32 Å². The summed E-state index contributed by atoms with van der Waals surface area (Å²) in [6.45, 7) is 11.3. The SMILES string of the molecule is CC(C)C=Cc1ccc(C(=O)NC2CCC(C(C)(C)C)CC2)cc1. The molecule has 1 N–H and O–H groups in total. The molecule has 1 fully saturated rings. The van der Waals surface area contributed by atoms with Gasteiger partial charge in [-0.15, -0.1) is 0 Å². The van der Waals surface area contributed by atoms with Crippen LogP contribution in [0.1, 0.15) is 76.2 Å². The van der Waals surface area contributed by atoms with Crippen LogP contribution < -0.4 is 5.32 Å². The number of benzene rings is 1. The van der Waals surface area contributed by atoms with E-state index in [1.54, 1.807) is 0 Å². The Kier molecular flexibility index (Phi) is 6.26. The van der Waals surface area contributed by atoms with E-state index in [2.05, 4.69) is 52.1 Å². The molecular weight excluding hydrogens is 294 g/mol. The minimum absolute atomic E-state index is 0.0635. The molecule has 1 aliphatic carbocycles. The first-order valence-electron chi connectivity index (χ1n) is 9.35. The van der Waals surface area contributed by atoms with Gasteiger partial charge in [-0.2, -0.15) is 0 Å². The Morgan fingerprint density at radius 3 is 2.17 bits per heavy atom. The number of hydrogen-bond donors (Lipinski definition) is 1. The van der Waals surface area contributed by atoms with Gasteiger partial charge in [0.1, 0.15) is 0 Å². The number of hydrogen-bond acceptors (Lipinski definition) is 1. The van der Waals surface area contributed by atoms with Gasteiger partial charge >= 0.3 is 0 Å². The molecule has 0 radical (unpaired) electrons. The number of carbonyl (C=O) groups is 1. The van der Waals surface area contributed by atoms with E-state index in [1.807, 2.05) is 24.3 Å². The second-order valence-corrected chi connectivity index (χ2v) is 8.61. The van der Waals surface area contributed by atoms with Gasteiger partial charge in [0.05, 0.1) is 0 Å². The summed E-state index contributed by atoms with van der Waals surface area (Å²) >= 11 is 0. The van der Waals surface area contributed by atoms with Gasteiger partial charge in [0, 0.05) is 11.6 Å². The van der Waals surface area contributed by atoms with Crippen LogP contribution in [0, 0.1) is 17.3 Å². The van der Waals surface area contributed by atoms with Crippen LogP contribution in [0.4, 0.5) is 0 Å². The predicted molar refractivity (Wildman–Crippen MR) is 103 cm³/mol. The zero-order chi connectivity index (χ0) is 17.7. The normalized spacial score (nSPS) is 22.1. The molecular formula is C22H33NO. The standard InChI is InChI=1S/C22H33NO/c1-16(2)6-7-17-8-10-18(11-9-17)21(24)23-20-14-12-19(13-15-20)22(3,4)5/h6-11,16,19-20H,12-15H2,1-5H3,(H,23,24). The van der Waals surface area contributed by atoms with Crippen molar-refractivity contribution in [1.29, 1.82) is 0 Å². The van der Waals surface area contributed by atoms with E-state index in [1.165, 1.54) is 12.8 Å². The van der Waals surface area contributed by atoms with Crippen LogP contribution in [-0.2, 0) is 0 Å². The lowest BCUT2D eigenvalue weighted by molar-refractivity contribution is 0.0904. The van der Waals surface area contributed by atoms with Crippen molar-refractivity contribution in [1.82, 2.24) is 5.32 Å². The van der Waals surface area contributed by atoms with Gasteiger partial charge in [0.2, 0.25) is 0 Å². The fourth-order valence-electron chi connectivity index (χ4n) is 3.42. The molecule has 2 rings (SSSR count). The van der Waals surface area contributed by atoms with Crippen molar-refractivity contribution in [2.45, 2.75) is 66.3 Å². The summed E-state index contributed by atoms with van der Waals surface area (Å²) in [5.41, 5.74) is 2.29. The van der Waals surface area contributed by atoms with E-state index < -0.39 is 0 Å². The molecule has 1 amide bonds. The molecule has 1 aromatic rings. The highest BCUT2D eigenvalue weighted by atomic mass is 16.1. The second kappa shape index (κ2) is 8.00. The van der Waals surface area contributed by atoms with E-state index in [4.69, 9.17) is 0 Å². The van der Waals surface area contributed by atoms with Gasteiger partial charge in [-0.3, -0.25) is 4.79 Å². The average molecular weight is 328 g/mol. The van der Waals surface area contributed by atoms with Crippen molar-refractivity contribution >= 4 is 12.0 Å². The van der Waals surface area contributed by atoms with E-state index in [0.717, 1.165) is 29.9 Å². The van der Waals surface area contributed by atoms with Gasteiger partial charge in [0.15, 0.2) is 0 Å². The average Bonchev–Trinajstić information content (AvgIpc) is 2.53. The maximum atomic E-state index is 12.4. The maximum absolute atomic E-state index is 12.4. The lowest BCUT2D eigenvalue weighted by Gasteiger charge is -2.37. The van der Waals surface area contributed by atoms with E-state index in [-0.39, 0.29) is 5.91 Å². The predicted octanol–water partition coefficient (Wildman–Crippen LogP) is 5.69. The fourth-order valence-corrected chi connectivity index (χ4v) is 3.42. The molecule has 132 valence electrons. The van der Waals surface area contributed by atoms with Gasteiger partial charge in [-0.05, 0) is 60.6 Å². The molecule has 0 unspecified atom stereocenters. The van der Waals surface area contributed by atoms with Gasteiger partial charge in [-0.25, -0.2) is 0 Å². The summed E-state index contributed by atoms with van der Waals surface area (Å²) in [5, 5.41) is 3.22. The number of allylic oxidation sites excluding steroid dienone is 1. The third-order valence-corrected chi connectivity index (χ3v) is 5.13. The molecule has 1 aromatic carbocycles. The van der Waals surface area contributed by atoms with Gasteiger partial charge in [-0.1, -0.05) is 58.9 Å². The number of carbonyl (C=O) groups excluding carboxylic acids is 1. The van der Waals surface area contributed by atoms with Crippen LogP contribution in [0.15, 0.2) is 30.3 Å². The molecule has 2 nitrogen and oxygen atoms in total. The molecule has 0 spiro atoms. The van der Waals surface area contributed by atoms with Crippen LogP contribution in [0.2, 0.25) is 0 Å². The minimum Gasteiger partial charge on any atom is -0.349 e. The van der Waals surface area contributed by atoms with Crippen molar-refractivity contribution in [3.8, 4) is 0 Å². The topological polar surface area (TPSA) is 29.1 Å². The fraction of sp³-hybridized carbons (Fsp3) is 0.591. The second-order valence-electron chi connectivity index (χ2n) is 8.61. The number of amides is 1. The summed E-state index contributed by atoms with van der Waals surface area (Å²) in [4.78, 5) is 12.4. The first kappa shape index (κ1) is 18.8. The Labute approximate surface area is 147 Å². The molecule has 0 atom stereocenters.